The van der Waals surface area contributed by atoms with Gasteiger partial charge in [-0.1, -0.05) is 56.3 Å². The zero-order chi connectivity index (χ0) is 21.6. The van der Waals surface area contributed by atoms with Gasteiger partial charge in [0.1, 0.15) is 6.04 Å². The Bertz CT molecular complexity index is 889. The predicted molar refractivity (Wildman–Crippen MR) is 113 cm³/mol. The fraction of sp³-hybridized carbons (Fsp3) is 0.435. The van der Waals surface area contributed by atoms with Crippen LogP contribution in [0.5, 0.6) is 0 Å². The second-order valence-corrected chi connectivity index (χ2v) is 8.38. The molecule has 0 radical (unpaired) electrons. The monoisotopic (exact) mass is 398 g/mol. The minimum Gasteiger partial charge on any atom is -0.481 e. The fourth-order valence-corrected chi connectivity index (χ4v) is 3.01. The van der Waals surface area contributed by atoms with Crippen molar-refractivity contribution in [3.05, 3.63) is 48.0 Å². The molecule has 0 aliphatic heterocycles. The molecule has 0 saturated heterocycles. The van der Waals surface area contributed by atoms with Crippen molar-refractivity contribution in [3.63, 3.8) is 0 Å². The van der Waals surface area contributed by atoms with Crippen molar-refractivity contribution in [1.29, 1.82) is 0 Å². The minimum absolute atomic E-state index is 0.0944. The van der Waals surface area contributed by atoms with E-state index in [1.54, 1.807) is 13.8 Å². The van der Waals surface area contributed by atoms with Crippen LogP contribution in [0.15, 0.2) is 42.5 Å². The number of carboxylic acid groups (broad SMARTS) is 1. The Hall–Kier alpha value is -2.89. The van der Waals surface area contributed by atoms with Crippen LogP contribution in [-0.4, -0.2) is 35.5 Å². The molecule has 0 aromatic heterocycles. The van der Waals surface area contributed by atoms with Gasteiger partial charge in [-0.25, -0.2) is 0 Å². The van der Waals surface area contributed by atoms with E-state index in [-0.39, 0.29) is 30.7 Å². The average molecular weight is 399 g/mol. The van der Waals surface area contributed by atoms with Crippen molar-refractivity contribution in [2.45, 2.75) is 46.6 Å². The molecule has 2 aromatic carbocycles. The smallest absolute Gasteiger partial charge is 0.309 e. The Morgan fingerprint density at radius 1 is 1.03 bits per heavy atom. The lowest BCUT2D eigenvalue weighted by Crippen LogP contribution is -2.50. The quantitative estimate of drug-likeness (QED) is 0.605. The van der Waals surface area contributed by atoms with Gasteiger partial charge in [0, 0.05) is 6.54 Å². The molecule has 2 aromatic rings. The van der Waals surface area contributed by atoms with E-state index < -0.39 is 17.4 Å². The number of hydrogen-bond donors (Lipinski definition) is 3. The van der Waals surface area contributed by atoms with E-state index in [4.69, 9.17) is 5.11 Å². The fourth-order valence-electron chi connectivity index (χ4n) is 3.01. The largest absolute Gasteiger partial charge is 0.481 e. The van der Waals surface area contributed by atoms with Crippen LogP contribution in [0.25, 0.3) is 10.8 Å². The summed E-state index contributed by atoms with van der Waals surface area (Å²) in [4.78, 5) is 36.2. The second kappa shape index (κ2) is 9.54. The summed E-state index contributed by atoms with van der Waals surface area (Å²) in [5.74, 6) is -1.52. The molecule has 1 atom stereocenters. The van der Waals surface area contributed by atoms with Gasteiger partial charge >= 0.3 is 5.97 Å². The Balaban J connectivity index is 1.95. The molecular weight excluding hydrogens is 368 g/mol. The molecule has 0 spiro atoms. The van der Waals surface area contributed by atoms with Crippen LogP contribution in [0.4, 0.5) is 0 Å². The molecule has 0 bridgehead atoms. The summed E-state index contributed by atoms with van der Waals surface area (Å²) >= 11 is 0. The standard InChI is InChI=1S/C23H30N2O4/c1-15(2)20(21(27)24-12-11-23(3,4)22(28)29)25-19(26)14-16-9-10-17-7-5-6-8-18(17)13-16/h5-10,13,15,20H,11-12,14H2,1-4H3,(H,24,27)(H,25,26)(H,28,29). The number of benzene rings is 2. The third-order valence-electron chi connectivity index (χ3n) is 5.07. The molecule has 29 heavy (non-hydrogen) atoms. The van der Waals surface area contributed by atoms with Gasteiger partial charge < -0.3 is 15.7 Å². The highest BCUT2D eigenvalue weighted by molar-refractivity contribution is 5.89. The van der Waals surface area contributed by atoms with Gasteiger partial charge in [0.25, 0.3) is 0 Å². The average Bonchev–Trinajstić information content (AvgIpc) is 2.65. The van der Waals surface area contributed by atoms with Crippen molar-refractivity contribution >= 4 is 28.6 Å². The number of carbonyl (C=O) groups is 3. The maximum Gasteiger partial charge on any atom is 0.309 e. The summed E-state index contributed by atoms with van der Waals surface area (Å²) in [6, 6.07) is 13.2. The molecule has 2 rings (SSSR count). The molecular formula is C23H30N2O4. The van der Waals surface area contributed by atoms with Gasteiger partial charge in [0.2, 0.25) is 11.8 Å². The van der Waals surface area contributed by atoms with Gasteiger partial charge in [0.05, 0.1) is 11.8 Å². The second-order valence-electron chi connectivity index (χ2n) is 8.38. The predicted octanol–water partition coefficient (Wildman–Crippen LogP) is 3.14. The van der Waals surface area contributed by atoms with E-state index in [9.17, 15) is 14.4 Å². The molecule has 6 nitrogen and oxygen atoms in total. The van der Waals surface area contributed by atoms with E-state index in [0.29, 0.717) is 6.42 Å². The highest BCUT2D eigenvalue weighted by atomic mass is 16.4. The summed E-state index contributed by atoms with van der Waals surface area (Å²) < 4.78 is 0. The first kappa shape index (κ1) is 22.4. The van der Waals surface area contributed by atoms with Crippen molar-refractivity contribution in [1.82, 2.24) is 10.6 Å². The molecule has 6 heteroatoms. The van der Waals surface area contributed by atoms with Gasteiger partial charge in [-0.05, 0) is 42.5 Å². The van der Waals surface area contributed by atoms with E-state index in [0.717, 1.165) is 16.3 Å². The van der Waals surface area contributed by atoms with Crippen LogP contribution in [0.1, 0.15) is 39.7 Å². The van der Waals surface area contributed by atoms with Crippen LogP contribution in [0.3, 0.4) is 0 Å². The lowest BCUT2D eigenvalue weighted by atomic mass is 9.89. The first-order chi connectivity index (χ1) is 13.6. The normalized spacial score (nSPS) is 12.6. The summed E-state index contributed by atoms with van der Waals surface area (Å²) in [5, 5.41) is 16.9. The van der Waals surface area contributed by atoms with Crippen LogP contribution in [0.2, 0.25) is 0 Å². The number of hydrogen-bond acceptors (Lipinski definition) is 3. The van der Waals surface area contributed by atoms with Crippen molar-refractivity contribution < 1.29 is 19.5 Å². The maximum atomic E-state index is 12.5. The summed E-state index contributed by atoms with van der Waals surface area (Å²) in [6.07, 6.45) is 0.497. The molecule has 156 valence electrons. The summed E-state index contributed by atoms with van der Waals surface area (Å²) in [5.41, 5.74) is -0.0349. The van der Waals surface area contributed by atoms with Gasteiger partial charge in [-0.3, -0.25) is 14.4 Å². The van der Waals surface area contributed by atoms with E-state index in [1.165, 1.54) is 0 Å². The zero-order valence-corrected chi connectivity index (χ0v) is 17.5. The third-order valence-corrected chi connectivity index (χ3v) is 5.07. The van der Waals surface area contributed by atoms with Crippen LogP contribution < -0.4 is 10.6 Å². The number of carbonyl (C=O) groups excluding carboxylic acids is 2. The molecule has 0 aliphatic carbocycles. The first-order valence-corrected chi connectivity index (χ1v) is 9.88. The number of aliphatic carboxylic acids is 1. The molecule has 1 unspecified atom stereocenters. The SMILES string of the molecule is CC(C)C(NC(=O)Cc1ccc2ccccc2c1)C(=O)NCCC(C)(C)C(=O)O. The van der Waals surface area contributed by atoms with Crippen molar-refractivity contribution in [2.24, 2.45) is 11.3 Å². The van der Waals surface area contributed by atoms with Crippen molar-refractivity contribution in [2.75, 3.05) is 6.54 Å². The summed E-state index contributed by atoms with van der Waals surface area (Å²) in [6.45, 7) is 7.20. The number of amides is 2. The number of rotatable bonds is 9. The molecule has 3 N–H and O–H groups in total. The lowest BCUT2D eigenvalue weighted by molar-refractivity contribution is -0.147. The van der Waals surface area contributed by atoms with E-state index in [2.05, 4.69) is 10.6 Å². The maximum absolute atomic E-state index is 12.5. The Morgan fingerprint density at radius 2 is 1.69 bits per heavy atom. The number of nitrogens with one attached hydrogen (secondary N) is 2. The number of carboxylic acids is 1. The lowest BCUT2D eigenvalue weighted by Gasteiger charge is -2.23. The van der Waals surface area contributed by atoms with Crippen LogP contribution in [-0.2, 0) is 20.8 Å². The molecule has 2 amide bonds. The van der Waals surface area contributed by atoms with E-state index >= 15 is 0 Å². The highest BCUT2D eigenvalue weighted by Crippen LogP contribution is 2.19. The topological polar surface area (TPSA) is 95.5 Å². The first-order valence-electron chi connectivity index (χ1n) is 9.88. The molecule has 0 heterocycles. The van der Waals surface area contributed by atoms with Gasteiger partial charge in [-0.15, -0.1) is 0 Å². The Kier molecular flexibility index (Phi) is 7.37. The Morgan fingerprint density at radius 3 is 2.31 bits per heavy atom. The van der Waals surface area contributed by atoms with Gasteiger partial charge in [0.15, 0.2) is 0 Å². The minimum atomic E-state index is -0.917. The van der Waals surface area contributed by atoms with Gasteiger partial charge in [-0.2, -0.15) is 0 Å². The summed E-state index contributed by atoms with van der Waals surface area (Å²) in [7, 11) is 0. The Labute approximate surface area is 171 Å². The third kappa shape index (κ3) is 6.31. The number of fused-ring (bicyclic) bond motifs is 1. The van der Waals surface area contributed by atoms with E-state index in [1.807, 2.05) is 56.3 Å². The van der Waals surface area contributed by atoms with Crippen molar-refractivity contribution in [3.8, 4) is 0 Å². The van der Waals surface area contributed by atoms with Crippen LogP contribution in [0, 0.1) is 11.3 Å². The van der Waals surface area contributed by atoms with Crippen LogP contribution >= 0.6 is 0 Å². The molecule has 0 fully saturated rings. The molecule has 0 saturated carbocycles. The highest BCUT2D eigenvalue weighted by Gasteiger charge is 2.28. The molecule has 0 aliphatic rings. The zero-order valence-electron chi connectivity index (χ0n) is 17.5.